The third kappa shape index (κ3) is 3.17. The molecular formula is C17H17N5O. The van der Waals surface area contributed by atoms with Crippen molar-refractivity contribution in [2.75, 3.05) is 18.7 Å². The number of nitrogens with one attached hydrogen (secondary N) is 2. The number of aliphatic imine (C=N–C) groups is 1. The second kappa shape index (κ2) is 6.10. The zero-order chi connectivity index (χ0) is 15.5. The molecule has 0 atom stereocenters. The van der Waals surface area contributed by atoms with Gasteiger partial charge in [0.2, 0.25) is 5.96 Å². The van der Waals surface area contributed by atoms with Gasteiger partial charge in [0.15, 0.2) is 5.58 Å². The number of benzene rings is 2. The van der Waals surface area contributed by atoms with E-state index >= 15 is 0 Å². The fraction of sp³-hybridized carbons (Fsp3) is 0.176. The van der Waals surface area contributed by atoms with Gasteiger partial charge in [0, 0.05) is 6.54 Å². The third-order valence-corrected chi connectivity index (χ3v) is 3.67. The Morgan fingerprint density at radius 2 is 1.91 bits per heavy atom. The predicted octanol–water partition coefficient (Wildman–Crippen LogP) is 2.62. The van der Waals surface area contributed by atoms with Crippen LogP contribution in [0.1, 0.15) is 5.56 Å². The molecule has 0 spiro atoms. The first-order valence-electron chi connectivity index (χ1n) is 7.54. The quantitative estimate of drug-likeness (QED) is 0.778. The Kier molecular flexibility index (Phi) is 3.65. The highest BCUT2D eigenvalue weighted by Gasteiger charge is 2.14. The maximum atomic E-state index is 5.64. The van der Waals surface area contributed by atoms with Gasteiger partial charge < -0.3 is 9.73 Å². The minimum absolute atomic E-state index is 0.453. The van der Waals surface area contributed by atoms with Crippen LogP contribution >= 0.6 is 0 Å². The summed E-state index contributed by atoms with van der Waals surface area (Å²) in [6.07, 6.45) is 0. The molecule has 0 unspecified atom stereocenters. The van der Waals surface area contributed by atoms with Crippen molar-refractivity contribution in [1.29, 1.82) is 0 Å². The molecule has 6 heteroatoms. The van der Waals surface area contributed by atoms with Crippen molar-refractivity contribution in [3.05, 3.63) is 60.2 Å². The maximum Gasteiger partial charge on any atom is 0.302 e. The molecule has 0 amide bonds. The van der Waals surface area contributed by atoms with Crippen LogP contribution < -0.4 is 10.6 Å². The van der Waals surface area contributed by atoms with Gasteiger partial charge in [-0.2, -0.15) is 4.98 Å². The van der Waals surface area contributed by atoms with Gasteiger partial charge in [0.1, 0.15) is 5.52 Å². The summed E-state index contributed by atoms with van der Waals surface area (Å²) in [5, 5.41) is 6.34. The van der Waals surface area contributed by atoms with Gasteiger partial charge in [-0.25, -0.2) is 4.99 Å². The Labute approximate surface area is 133 Å². The number of hydrogen-bond acceptors (Lipinski definition) is 6. The highest BCUT2D eigenvalue weighted by molar-refractivity contribution is 5.93. The molecule has 0 saturated heterocycles. The van der Waals surface area contributed by atoms with E-state index in [4.69, 9.17) is 4.42 Å². The van der Waals surface area contributed by atoms with E-state index in [0.717, 1.165) is 24.3 Å². The Bertz CT molecular complexity index is 794. The first-order valence-corrected chi connectivity index (χ1v) is 7.54. The number of oxazole rings is 1. The standard InChI is InChI=1S/C17H17N5O/c1-2-6-13(7-3-1)10-22-11-18-16(19-12-22)21-17-20-14-8-4-5-9-15(14)23-17/h1-9H,10-12H2,(H2,18,19,20,21). The molecule has 2 heterocycles. The SMILES string of the molecule is c1ccc(CN2CN=C(Nc3nc4ccccc4o3)NC2)cc1. The molecule has 1 aliphatic heterocycles. The summed E-state index contributed by atoms with van der Waals surface area (Å²) in [5.74, 6) is 0.681. The number of fused-ring (bicyclic) bond motifs is 1. The topological polar surface area (TPSA) is 65.7 Å². The fourth-order valence-electron chi connectivity index (χ4n) is 2.52. The van der Waals surface area contributed by atoms with E-state index in [2.05, 4.69) is 49.8 Å². The number of aromatic nitrogens is 1. The molecule has 1 aromatic heterocycles. The van der Waals surface area contributed by atoms with Crippen LogP contribution in [-0.4, -0.2) is 29.2 Å². The van der Waals surface area contributed by atoms with Gasteiger partial charge in [-0.05, 0) is 17.7 Å². The van der Waals surface area contributed by atoms with Crippen molar-refractivity contribution >= 4 is 23.1 Å². The summed E-state index contributed by atoms with van der Waals surface area (Å²) in [6, 6.07) is 18.5. The number of nitrogens with zero attached hydrogens (tertiary/aromatic N) is 3. The van der Waals surface area contributed by atoms with Crippen molar-refractivity contribution < 1.29 is 4.42 Å². The lowest BCUT2D eigenvalue weighted by Crippen LogP contribution is -2.45. The minimum atomic E-state index is 0.453. The molecule has 2 N–H and O–H groups in total. The summed E-state index contributed by atoms with van der Waals surface area (Å²) in [5.41, 5.74) is 2.87. The van der Waals surface area contributed by atoms with Crippen molar-refractivity contribution in [1.82, 2.24) is 15.2 Å². The van der Waals surface area contributed by atoms with Crippen LogP contribution in [0.25, 0.3) is 11.1 Å². The molecule has 1 aliphatic rings. The second-order valence-electron chi connectivity index (χ2n) is 5.41. The Morgan fingerprint density at radius 1 is 1.09 bits per heavy atom. The lowest BCUT2D eigenvalue weighted by molar-refractivity contribution is 0.256. The molecule has 0 radical (unpaired) electrons. The van der Waals surface area contributed by atoms with E-state index < -0.39 is 0 Å². The van der Waals surface area contributed by atoms with E-state index in [1.54, 1.807) is 0 Å². The van der Waals surface area contributed by atoms with Crippen LogP contribution in [-0.2, 0) is 6.54 Å². The van der Waals surface area contributed by atoms with Crippen molar-refractivity contribution in [3.8, 4) is 0 Å². The summed E-state index contributed by atoms with van der Waals surface area (Å²) in [7, 11) is 0. The molecule has 0 fully saturated rings. The monoisotopic (exact) mass is 307 g/mol. The smallest absolute Gasteiger partial charge is 0.302 e. The molecule has 0 aliphatic carbocycles. The second-order valence-corrected chi connectivity index (χ2v) is 5.41. The largest absolute Gasteiger partial charge is 0.423 e. The molecular weight excluding hydrogens is 290 g/mol. The average Bonchev–Trinajstić information content (AvgIpc) is 3.00. The van der Waals surface area contributed by atoms with Crippen LogP contribution in [0.15, 0.2) is 64.0 Å². The van der Waals surface area contributed by atoms with E-state index in [0.29, 0.717) is 18.6 Å². The number of rotatable bonds is 3. The Morgan fingerprint density at radius 3 is 2.70 bits per heavy atom. The minimum Gasteiger partial charge on any atom is -0.423 e. The van der Waals surface area contributed by atoms with Gasteiger partial charge in [-0.3, -0.25) is 10.2 Å². The Hall–Kier alpha value is -2.86. The van der Waals surface area contributed by atoms with E-state index in [1.807, 2.05) is 30.3 Å². The first kappa shape index (κ1) is 13.8. The lowest BCUT2D eigenvalue weighted by atomic mass is 10.2. The maximum absolute atomic E-state index is 5.64. The fourth-order valence-corrected chi connectivity index (χ4v) is 2.52. The average molecular weight is 307 g/mol. The van der Waals surface area contributed by atoms with Gasteiger partial charge >= 0.3 is 6.01 Å². The summed E-state index contributed by atoms with van der Waals surface area (Å²) >= 11 is 0. The molecule has 4 rings (SSSR count). The van der Waals surface area contributed by atoms with Gasteiger partial charge in [-0.15, -0.1) is 0 Å². The van der Waals surface area contributed by atoms with Crippen LogP contribution in [0.5, 0.6) is 0 Å². The van der Waals surface area contributed by atoms with E-state index in [-0.39, 0.29) is 0 Å². The molecule has 0 saturated carbocycles. The number of guanidine groups is 1. The van der Waals surface area contributed by atoms with Crippen LogP contribution in [0.4, 0.5) is 6.01 Å². The number of hydrogen-bond donors (Lipinski definition) is 2. The zero-order valence-corrected chi connectivity index (χ0v) is 12.6. The molecule has 3 aromatic rings. The van der Waals surface area contributed by atoms with E-state index in [9.17, 15) is 0 Å². The van der Waals surface area contributed by atoms with E-state index in [1.165, 1.54) is 5.56 Å². The summed E-state index contributed by atoms with van der Waals surface area (Å²) in [6.45, 7) is 2.22. The third-order valence-electron chi connectivity index (χ3n) is 3.67. The highest BCUT2D eigenvalue weighted by Crippen LogP contribution is 2.18. The lowest BCUT2D eigenvalue weighted by Gasteiger charge is -2.26. The number of anilines is 1. The first-order chi connectivity index (χ1) is 11.4. The van der Waals surface area contributed by atoms with Gasteiger partial charge in [-0.1, -0.05) is 42.5 Å². The van der Waals surface area contributed by atoms with Crippen LogP contribution in [0.3, 0.4) is 0 Å². The molecule has 0 bridgehead atoms. The van der Waals surface area contributed by atoms with Crippen LogP contribution in [0, 0.1) is 0 Å². The summed E-state index contributed by atoms with van der Waals surface area (Å²) < 4.78 is 5.64. The van der Waals surface area contributed by atoms with Crippen LogP contribution in [0.2, 0.25) is 0 Å². The van der Waals surface area contributed by atoms with Crippen molar-refractivity contribution in [2.24, 2.45) is 4.99 Å². The zero-order valence-electron chi connectivity index (χ0n) is 12.6. The highest BCUT2D eigenvalue weighted by atomic mass is 16.4. The summed E-state index contributed by atoms with van der Waals surface area (Å²) in [4.78, 5) is 11.1. The predicted molar refractivity (Wildman–Crippen MR) is 89.9 cm³/mol. The molecule has 23 heavy (non-hydrogen) atoms. The normalized spacial score (nSPS) is 15.2. The number of para-hydroxylation sites is 2. The van der Waals surface area contributed by atoms with Crippen molar-refractivity contribution in [3.63, 3.8) is 0 Å². The Balaban J connectivity index is 1.39. The molecule has 116 valence electrons. The van der Waals surface area contributed by atoms with Crippen molar-refractivity contribution in [2.45, 2.75) is 6.54 Å². The molecule has 6 nitrogen and oxygen atoms in total. The molecule has 2 aromatic carbocycles. The van der Waals surface area contributed by atoms with Gasteiger partial charge in [0.05, 0.1) is 13.3 Å². The van der Waals surface area contributed by atoms with Gasteiger partial charge in [0.25, 0.3) is 0 Å².